The zero-order valence-corrected chi connectivity index (χ0v) is 15.7. The van der Waals surface area contributed by atoms with Gasteiger partial charge in [0.15, 0.2) is 0 Å². The molecule has 0 bridgehead atoms. The Morgan fingerprint density at radius 1 is 1.04 bits per heavy atom. The monoisotopic (exact) mass is 386 g/mol. The average molecular weight is 387 g/mol. The number of halogens is 1. The van der Waals surface area contributed by atoms with Crippen LogP contribution in [-0.2, 0) is 16.0 Å². The van der Waals surface area contributed by atoms with Crippen LogP contribution in [-0.4, -0.2) is 24.1 Å². The van der Waals surface area contributed by atoms with Crippen LogP contribution in [0.2, 0.25) is 5.02 Å². The predicted octanol–water partition coefficient (Wildman–Crippen LogP) is 4.56. The first-order chi connectivity index (χ1) is 13.1. The summed E-state index contributed by atoms with van der Waals surface area (Å²) in [5.74, 6) is -0.0671. The molecule has 2 aromatic carbocycles. The minimum Gasteiger partial charge on any atom is -0.446 e. The lowest BCUT2D eigenvalue weighted by atomic mass is 9.92. The standard InChI is InChI=1S/C21H23ClN2O3/c22-19-12-5-4-7-15(19)13-20(25)23-17-10-6-11-18(14-17)27-21(26)24-16-8-2-1-3-9-16/h1-5,7-9,12,17-18H,6,10-11,13-14H2,(H,23,25)(H,24,26)/t17-,18+/m0/s1. The number of hydrogen-bond acceptors (Lipinski definition) is 3. The fraction of sp³-hybridized carbons (Fsp3) is 0.333. The highest BCUT2D eigenvalue weighted by atomic mass is 35.5. The lowest BCUT2D eigenvalue weighted by molar-refractivity contribution is -0.121. The summed E-state index contributed by atoms with van der Waals surface area (Å²) in [6.45, 7) is 0. The summed E-state index contributed by atoms with van der Waals surface area (Å²) in [7, 11) is 0. The topological polar surface area (TPSA) is 67.4 Å². The molecule has 2 atom stereocenters. The molecule has 3 rings (SSSR count). The molecule has 1 saturated carbocycles. The third kappa shape index (κ3) is 6.00. The second-order valence-corrected chi connectivity index (χ2v) is 7.12. The number of carbonyl (C=O) groups excluding carboxylic acids is 2. The van der Waals surface area contributed by atoms with Gasteiger partial charge >= 0.3 is 6.09 Å². The van der Waals surface area contributed by atoms with Crippen molar-refractivity contribution >= 4 is 29.3 Å². The van der Waals surface area contributed by atoms with Crippen molar-refractivity contribution in [2.45, 2.75) is 44.2 Å². The van der Waals surface area contributed by atoms with E-state index in [4.69, 9.17) is 16.3 Å². The molecule has 5 nitrogen and oxygen atoms in total. The number of nitrogens with one attached hydrogen (secondary N) is 2. The number of rotatable bonds is 5. The van der Waals surface area contributed by atoms with E-state index in [1.54, 1.807) is 18.2 Å². The van der Waals surface area contributed by atoms with Crippen LogP contribution in [0.15, 0.2) is 54.6 Å². The zero-order chi connectivity index (χ0) is 19.1. The number of benzene rings is 2. The molecule has 0 spiro atoms. The Morgan fingerprint density at radius 2 is 1.78 bits per heavy atom. The maximum atomic E-state index is 12.3. The van der Waals surface area contributed by atoms with Gasteiger partial charge in [-0.15, -0.1) is 0 Å². The maximum absolute atomic E-state index is 12.3. The summed E-state index contributed by atoms with van der Waals surface area (Å²) in [4.78, 5) is 24.4. The van der Waals surface area contributed by atoms with E-state index in [2.05, 4.69) is 10.6 Å². The Kier molecular flexibility index (Phi) is 6.71. The van der Waals surface area contributed by atoms with Gasteiger partial charge in [0.2, 0.25) is 5.91 Å². The molecule has 1 fully saturated rings. The molecule has 0 radical (unpaired) electrons. The predicted molar refractivity (Wildman–Crippen MR) is 106 cm³/mol. The van der Waals surface area contributed by atoms with Crippen molar-refractivity contribution in [2.24, 2.45) is 0 Å². The van der Waals surface area contributed by atoms with Crippen molar-refractivity contribution < 1.29 is 14.3 Å². The van der Waals surface area contributed by atoms with Gasteiger partial charge < -0.3 is 10.1 Å². The van der Waals surface area contributed by atoms with E-state index in [0.29, 0.717) is 17.1 Å². The maximum Gasteiger partial charge on any atom is 0.411 e. The van der Waals surface area contributed by atoms with Gasteiger partial charge in [-0.1, -0.05) is 48.0 Å². The van der Waals surface area contributed by atoms with Crippen molar-refractivity contribution in [2.75, 3.05) is 5.32 Å². The van der Waals surface area contributed by atoms with Gasteiger partial charge in [-0.3, -0.25) is 10.1 Å². The molecule has 0 saturated heterocycles. The lowest BCUT2D eigenvalue weighted by Crippen LogP contribution is -2.41. The van der Waals surface area contributed by atoms with E-state index in [1.165, 1.54) is 0 Å². The van der Waals surface area contributed by atoms with Crippen LogP contribution in [0.4, 0.5) is 10.5 Å². The van der Waals surface area contributed by atoms with Gasteiger partial charge in [0.05, 0.1) is 6.42 Å². The average Bonchev–Trinajstić information content (AvgIpc) is 2.64. The number of ether oxygens (including phenoxy) is 1. The number of anilines is 1. The first kappa shape index (κ1) is 19.2. The molecule has 6 heteroatoms. The fourth-order valence-electron chi connectivity index (χ4n) is 3.30. The van der Waals surface area contributed by atoms with Gasteiger partial charge in [0, 0.05) is 23.2 Å². The van der Waals surface area contributed by atoms with Crippen LogP contribution >= 0.6 is 11.6 Å². The molecule has 2 amide bonds. The summed E-state index contributed by atoms with van der Waals surface area (Å²) < 4.78 is 5.52. The van der Waals surface area contributed by atoms with Crippen LogP contribution in [0.5, 0.6) is 0 Å². The quantitative estimate of drug-likeness (QED) is 0.791. The molecule has 142 valence electrons. The molecule has 1 aliphatic carbocycles. The Hall–Kier alpha value is -2.53. The van der Waals surface area contributed by atoms with Crippen molar-refractivity contribution in [3.63, 3.8) is 0 Å². The summed E-state index contributed by atoms with van der Waals surface area (Å²) in [5.41, 5.74) is 1.51. The third-order valence-electron chi connectivity index (χ3n) is 4.59. The highest BCUT2D eigenvalue weighted by molar-refractivity contribution is 6.31. The van der Waals surface area contributed by atoms with Crippen LogP contribution in [0.3, 0.4) is 0 Å². The molecular formula is C21H23ClN2O3. The van der Waals surface area contributed by atoms with E-state index in [-0.39, 0.29) is 24.5 Å². The normalized spacial score (nSPS) is 19.1. The molecule has 0 unspecified atom stereocenters. The number of hydrogen-bond donors (Lipinski definition) is 2. The fourth-order valence-corrected chi connectivity index (χ4v) is 3.50. The second kappa shape index (κ2) is 9.42. The summed E-state index contributed by atoms with van der Waals surface area (Å²) in [6.07, 6.45) is 2.79. The number of amides is 2. The van der Waals surface area contributed by atoms with Crippen molar-refractivity contribution in [3.8, 4) is 0 Å². The van der Waals surface area contributed by atoms with Gasteiger partial charge in [0.25, 0.3) is 0 Å². The van der Waals surface area contributed by atoms with Gasteiger partial charge in [-0.2, -0.15) is 0 Å². The summed E-state index contributed by atoms with van der Waals surface area (Å²) in [5, 5.41) is 6.35. The SMILES string of the molecule is O=C(Cc1ccccc1Cl)N[C@H]1CCC[C@@H](OC(=O)Nc2ccccc2)C1. The van der Waals surface area contributed by atoms with E-state index in [9.17, 15) is 9.59 Å². The summed E-state index contributed by atoms with van der Waals surface area (Å²) in [6, 6.07) is 16.5. The van der Waals surface area contributed by atoms with E-state index < -0.39 is 6.09 Å². The van der Waals surface area contributed by atoms with Crippen molar-refractivity contribution in [3.05, 3.63) is 65.2 Å². The molecule has 2 N–H and O–H groups in total. The molecule has 27 heavy (non-hydrogen) atoms. The van der Waals surface area contributed by atoms with Crippen LogP contribution in [0.1, 0.15) is 31.2 Å². The Balaban J connectivity index is 1.46. The van der Waals surface area contributed by atoms with Crippen LogP contribution in [0, 0.1) is 0 Å². The Morgan fingerprint density at radius 3 is 2.56 bits per heavy atom. The Bertz CT molecular complexity index is 782. The molecule has 2 aromatic rings. The van der Waals surface area contributed by atoms with Crippen LogP contribution < -0.4 is 10.6 Å². The highest BCUT2D eigenvalue weighted by Gasteiger charge is 2.26. The van der Waals surface area contributed by atoms with Gasteiger partial charge in [-0.25, -0.2) is 4.79 Å². The molecule has 0 aliphatic heterocycles. The smallest absolute Gasteiger partial charge is 0.411 e. The zero-order valence-electron chi connectivity index (χ0n) is 15.0. The lowest BCUT2D eigenvalue weighted by Gasteiger charge is -2.29. The Labute approximate surface area is 164 Å². The van der Waals surface area contributed by atoms with Crippen molar-refractivity contribution in [1.29, 1.82) is 0 Å². The number of carbonyl (C=O) groups is 2. The highest BCUT2D eigenvalue weighted by Crippen LogP contribution is 2.22. The molecular weight excluding hydrogens is 364 g/mol. The van der Waals surface area contributed by atoms with Gasteiger partial charge in [0.1, 0.15) is 6.10 Å². The first-order valence-corrected chi connectivity index (χ1v) is 9.53. The first-order valence-electron chi connectivity index (χ1n) is 9.15. The number of para-hydroxylation sites is 1. The largest absolute Gasteiger partial charge is 0.446 e. The van der Waals surface area contributed by atoms with Crippen LogP contribution in [0.25, 0.3) is 0 Å². The molecule has 0 aromatic heterocycles. The third-order valence-corrected chi connectivity index (χ3v) is 4.96. The van der Waals surface area contributed by atoms with Crippen molar-refractivity contribution in [1.82, 2.24) is 5.32 Å². The van der Waals surface area contributed by atoms with Gasteiger partial charge in [-0.05, 0) is 43.0 Å². The minimum atomic E-state index is -0.464. The van der Waals surface area contributed by atoms with E-state index in [0.717, 1.165) is 24.8 Å². The summed E-state index contributed by atoms with van der Waals surface area (Å²) >= 11 is 6.11. The van der Waals surface area contributed by atoms with E-state index >= 15 is 0 Å². The second-order valence-electron chi connectivity index (χ2n) is 6.72. The molecule has 0 heterocycles. The minimum absolute atomic E-state index is 0.00302. The molecule has 1 aliphatic rings. The van der Waals surface area contributed by atoms with E-state index in [1.807, 2.05) is 36.4 Å².